The Morgan fingerprint density at radius 2 is 2.39 bits per heavy atom. The fourth-order valence-corrected chi connectivity index (χ4v) is 3.32. The zero-order valence-corrected chi connectivity index (χ0v) is 11.3. The zero-order valence-electron chi connectivity index (χ0n) is 10.5. The molecule has 1 aliphatic rings. The summed E-state index contributed by atoms with van der Waals surface area (Å²) in [6, 6.07) is 5.83. The predicted molar refractivity (Wildman–Crippen MR) is 75.0 cm³/mol. The molecule has 1 N–H and O–H groups in total. The van der Waals surface area contributed by atoms with Gasteiger partial charge in [0, 0.05) is 30.0 Å². The van der Waals surface area contributed by atoms with Gasteiger partial charge in [-0.05, 0) is 31.1 Å². The summed E-state index contributed by atoms with van der Waals surface area (Å²) in [7, 11) is 0. The molecule has 1 heterocycles. The van der Waals surface area contributed by atoms with Crippen LogP contribution in [0.3, 0.4) is 0 Å². The minimum absolute atomic E-state index is 0.215. The first kappa shape index (κ1) is 13.4. The van der Waals surface area contributed by atoms with Crippen LogP contribution in [0, 0.1) is 17.0 Å². The topological polar surface area (TPSA) is 55.2 Å². The number of hydrogen-bond donors (Lipinski definition) is 1. The Balaban J connectivity index is 2.00. The Bertz CT molecular complexity index is 431. The largest absolute Gasteiger partial charge is 0.309 e. The van der Waals surface area contributed by atoms with Crippen molar-refractivity contribution in [3.63, 3.8) is 0 Å². The van der Waals surface area contributed by atoms with Crippen molar-refractivity contribution in [3.8, 4) is 0 Å². The molecule has 0 saturated carbocycles. The maximum atomic E-state index is 10.9. The lowest BCUT2D eigenvalue weighted by Gasteiger charge is -2.22. The minimum Gasteiger partial charge on any atom is -0.309 e. The summed E-state index contributed by atoms with van der Waals surface area (Å²) >= 11 is 1.98. The third-order valence-corrected chi connectivity index (χ3v) is 4.57. The standard InChI is InChI=1S/C13H18N2O2S/c1-10-11(4-2-6-13(10)15(16)17)8-14-12-5-3-7-18-9-12/h2,4,6,12,14H,3,5,7-9H2,1H3. The predicted octanol–water partition coefficient (Wildman–Crippen LogP) is 2.89. The lowest BCUT2D eigenvalue weighted by Crippen LogP contribution is -2.33. The van der Waals surface area contributed by atoms with Gasteiger partial charge in [0.15, 0.2) is 0 Å². The molecule has 1 saturated heterocycles. The number of hydrogen-bond acceptors (Lipinski definition) is 4. The third-order valence-electron chi connectivity index (χ3n) is 3.36. The Kier molecular flexibility index (Phi) is 4.60. The van der Waals surface area contributed by atoms with E-state index in [0.717, 1.165) is 23.4 Å². The van der Waals surface area contributed by atoms with Crippen LogP contribution in [-0.2, 0) is 6.54 Å². The van der Waals surface area contributed by atoms with Crippen LogP contribution in [0.4, 0.5) is 5.69 Å². The van der Waals surface area contributed by atoms with Gasteiger partial charge in [-0.15, -0.1) is 0 Å². The van der Waals surface area contributed by atoms with Crippen molar-refractivity contribution >= 4 is 17.4 Å². The summed E-state index contributed by atoms with van der Waals surface area (Å²) < 4.78 is 0. The number of nitrogens with one attached hydrogen (secondary N) is 1. The molecule has 1 aromatic rings. The molecule has 0 bridgehead atoms. The molecule has 1 atom stereocenters. The number of nitrogens with zero attached hydrogens (tertiary/aromatic N) is 1. The highest BCUT2D eigenvalue weighted by Gasteiger charge is 2.16. The smallest absolute Gasteiger partial charge is 0.272 e. The molecule has 0 spiro atoms. The molecule has 0 aliphatic carbocycles. The van der Waals surface area contributed by atoms with Crippen molar-refractivity contribution in [1.82, 2.24) is 5.32 Å². The van der Waals surface area contributed by atoms with Gasteiger partial charge in [0.05, 0.1) is 4.92 Å². The molecule has 1 fully saturated rings. The van der Waals surface area contributed by atoms with E-state index in [4.69, 9.17) is 0 Å². The normalized spacial score (nSPS) is 19.7. The molecule has 0 radical (unpaired) electrons. The summed E-state index contributed by atoms with van der Waals surface area (Å²) in [6.45, 7) is 2.55. The molecular formula is C13H18N2O2S. The highest BCUT2D eigenvalue weighted by Crippen LogP contribution is 2.22. The fraction of sp³-hybridized carbons (Fsp3) is 0.538. The average molecular weight is 266 g/mol. The van der Waals surface area contributed by atoms with E-state index in [0.29, 0.717) is 6.04 Å². The number of rotatable bonds is 4. The minimum atomic E-state index is -0.310. The molecule has 0 amide bonds. The van der Waals surface area contributed by atoms with Crippen LogP contribution >= 0.6 is 11.8 Å². The summed E-state index contributed by atoms with van der Waals surface area (Å²) in [5.74, 6) is 2.40. The van der Waals surface area contributed by atoms with Gasteiger partial charge in [0.2, 0.25) is 0 Å². The molecule has 18 heavy (non-hydrogen) atoms. The molecule has 5 heteroatoms. The van der Waals surface area contributed by atoms with Crippen molar-refractivity contribution in [3.05, 3.63) is 39.4 Å². The van der Waals surface area contributed by atoms with Crippen molar-refractivity contribution in [2.24, 2.45) is 0 Å². The highest BCUT2D eigenvalue weighted by atomic mass is 32.2. The SMILES string of the molecule is Cc1c(CNC2CCCSC2)cccc1[N+](=O)[O-]. The van der Waals surface area contributed by atoms with Gasteiger partial charge in [0.1, 0.15) is 0 Å². The molecule has 98 valence electrons. The summed E-state index contributed by atoms with van der Waals surface area (Å²) in [5.41, 5.74) is 2.02. The molecular weight excluding hydrogens is 248 g/mol. The molecule has 1 aromatic carbocycles. The van der Waals surface area contributed by atoms with Gasteiger partial charge in [-0.3, -0.25) is 10.1 Å². The first-order valence-electron chi connectivity index (χ1n) is 6.22. The monoisotopic (exact) mass is 266 g/mol. The molecule has 0 aromatic heterocycles. The van der Waals surface area contributed by atoms with Gasteiger partial charge in [-0.25, -0.2) is 0 Å². The second-order valence-electron chi connectivity index (χ2n) is 4.61. The number of nitro groups is 1. The number of thioether (sulfide) groups is 1. The lowest BCUT2D eigenvalue weighted by molar-refractivity contribution is -0.385. The van der Waals surface area contributed by atoms with Crippen molar-refractivity contribution in [1.29, 1.82) is 0 Å². The van der Waals surface area contributed by atoms with Crippen molar-refractivity contribution < 1.29 is 4.92 Å². The highest BCUT2D eigenvalue weighted by molar-refractivity contribution is 7.99. The third kappa shape index (κ3) is 3.23. The summed E-state index contributed by atoms with van der Waals surface area (Å²) in [6.07, 6.45) is 2.47. The molecule has 2 rings (SSSR count). The maximum absolute atomic E-state index is 10.9. The second kappa shape index (κ2) is 6.20. The van der Waals surface area contributed by atoms with E-state index in [1.807, 2.05) is 24.8 Å². The Morgan fingerprint density at radius 1 is 1.56 bits per heavy atom. The van der Waals surface area contributed by atoms with Crippen LogP contribution in [0.1, 0.15) is 24.0 Å². The van der Waals surface area contributed by atoms with E-state index in [1.54, 1.807) is 12.1 Å². The van der Waals surface area contributed by atoms with E-state index in [2.05, 4.69) is 5.32 Å². The molecule has 4 nitrogen and oxygen atoms in total. The van der Waals surface area contributed by atoms with Gasteiger partial charge in [-0.2, -0.15) is 11.8 Å². The fourth-order valence-electron chi connectivity index (χ4n) is 2.22. The van der Waals surface area contributed by atoms with E-state index < -0.39 is 0 Å². The van der Waals surface area contributed by atoms with Gasteiger partial charge >= 0.3 is 0 Å². The quantitative estimate of drug-likeness (QED) is 0.672. The summed E-state index contributed by atoms with van der Waals surface area (Å²) in [4.78, 5) is 10.6. The van der Waals surface area contributed by atoms with Crippen LogP contribution in [0.2, 0.25) is 0 Å². The van der Waals surface area contributed by atoms with Crippen LogP contribution in [0.5, 0.6) is 0 Å². The first-order valence-corrected chi connectivity index (χ1v) is 7.38. The Hall–Kier alpha value is -1.07. The van der Waals surface area contributed by atoms with E-state index in [1.165, 1.54) is 18.6 Å². The van der Waals surface area contributed by atoms with Crippen LogP contribution in [-0.4, -0.2) is 22.5 Å². The van der Waals surface area contributed by atoms with Crippen LogP contribution in [0.15, 0.2) is 18.2 Å². The average Bonchev–Trinajstić information content (AvgIpc) is 2.38. The van der Waals surface area contributed by atoms with Gasteiger partial charge < -0.3 is 5.32 Å². The van der Waals surface area contributed by atoms with Crippen LogP contribution < -0.4 is 5.32 Å². The van der Waals surface area contributed by atoms with Gasteiger partial charge in [-0.1, -0.05) is 12.1 Å². The number of benzene rings is 1. The Labute approximate surface area is 111 Å². The molecule has 1 aliphatic heterocycles. The number of nitro benzene ring substituents is 1. The Morgan fingerprint density at radius 3 is 3.06 bits per heavy atom. The van der Waals surface area contributed by atoms with E-state index in [-0.39, 0.29) is 10.6 Å². The second-order valence-corrected chi connectivity index (χ2v) is 5.76. The lowest BCUT2D eigenvalue weighted by atomic mass is 10.1. The van der Waals surface area contributed by atoms with E-state index in [9.17, 15) is 10.1 Å². The first-order chi connectivity index (χ1) is 8.68. The van der Waals surface area contributed by atoms with Crippen molar-refractivity contribution in [2.45, 2.75) is 32.4 Å². The van der Waals surface area contributed by atoms with Gasteiger partial charge in [0.25, 0.3) is 5.69 Å². The van der Waals surface area contributed by atoms with Crippen LogP contribution in [0.25, 0.3) is 0 Å². The molecule has 1 unspecified atom stereocenters. The maximum Gasteiger partial charge on any atom is 0.272 e. The summed E-state index contributed by atoms with van der Waals surface area (Å²) in [5, 5.41) is 14.4. The zero-order chi connectivity index (χ0) is 13.0. The van der Waals surface area contributed by atoms with E-state index >= 15 is 0 Å². The van der Waals surface area contributed by atoms with Crippen molar-refractivity contribution in [2.75, 3.05) is 11.5 Å².